The number of hydrogen-bond acceptors (Lipinski definition) is 5. The first-order chi connectivity index (χ1) is 11.2. The summed E-state index contributed by atoms with van der Waals surface area (Å²) in [4.78, 5) is 4.71. The first-order valence-electron chi connectivity index (χ1n) is 7.43. The van der Waals surface area contributed by atoms with Crippen molar-refractivity contribution < 1.29 is 0 Å². The zero-order valence-corrected chi connectivity index (χ0v) is 15.0. The summed E-state index contributed by atoms with van der Waals surface area (Å²) in [5, 5.41) is 13.5. The summed E-state index contributed by atoms with van der Waals surface area (Å²) in [6.07, 6.45) is 2.49. The van der Waals surface area contributed by atoms with Crippen LogP contribution in [0.15, 0.2) is 34.8 Å². The Hall–Kier alpha value is -1.37. The summed E-state index contributed by atoms with van der Waals surface area (Å²) >= 11 is 9.28. The smallest absolute Gasteiger partial charge is 0.191 e. The lowest BCUT2D eigenvalue weighted by atomic mass is 10.2. The first kappa shape index (κ1) is 15.2. The van der Waals surface area contributed by atoms with Gasteiger partial charge in [-0.2, -0.15) is 0 Å². The van der Waals surface area contributed by atoms with E-state index < -0.39 is 0 Å². The van der Waals surface area contributed by atoms with Crippen LogP contribution in [0.2, 0.25) is 5.02 Å². The minimum Gasteiger partial charge on any atom is -0.309 e. The van der Waals surface area contributed by atoms with Crippen LogP contribution in [-0.2, 0) is 12.8 Å². The van der Waals surface area contributed by atoms with Gasteiger partial charge in [0.2, 0.25) is 0 Å². The van der Waals surface area contributed by atoms with Crippen LogP contribution < -0.4 is 0 Å². The van der Waals surface area contributed by atoms with Crippen molar-refractivity contribution in [2.24, 2.45) is 7.05 Å². The molecular formula is C16H15ClN4S2. The molecule has 2 aromatic heterocycles. The fraction of sp³-hybridized carbons (Fsp3) is 0.312. The molecule has 0 unspecified atom stereocenters. The molecule has 4 rings (SSSR count). The van der Waals surface area contributed by atoms with Crippen LogP contribution in [0.1, 0.15) is 30.3 Å². The van der Waals surface area contributed by atoms with Crippen molar-refractivity contribution in [3.05, 3.63) is 46.2 Å². The second-order valence-corrected chi connectivity index (χ2v) is 7.85. The summed E-state index contributed by atoms with van der Waals surface area (Å²) in [7, 11) is 2.05. The average Bonchev–Trinajstić information content (AvgIpc) is 3.17. The normalized spacial score (nSPS) is 14.3. The van der Waals surface area contributed by atoms with Gasteiger partial charge in [-0.3, -0.25) is 0 Å². The Kier molecular flexibility index (Phi) is 4.13. The number of hydrogen-bond donors (Lipinski definition) is 0. The molecule has 4 nitrogen and oxygen atoms in total. The monoisotopic (exact) mass is 362 g/mol. The molecule has 0 bridgehead atoms. The molecule has 3 aromatic rings. The Morgan fingerprint density at radius 3 is 2.78 bits per heavy atom. The molecule has 0 saturated heterocycles. The highest BCUT2D eigenvalue weighted by atomic mass is 35.5. The predicted octanol–water partition coefficient (Wildman–Crippen LogP) is 4.76. The van der Waals surface area contributed by atoms with Gasteiger partial charge in [-0.25, -0.2) is 4.98 Å². The van der Waals surface area contributed by atoms with Gasteiger partial charge in [0.15, 0.2) is 5.16 Å². The van der Waals surface area contributed by atoms with Crippen molar-refractivity contribution in [1.82, 2.24) is 19.7 Å². The van der Waals surface area contributed by atoms with Crippen LogP contribution >= 0.6 is 34.7 Å². The highest BCUT2D eigenvalue weighted by molar-refractivity contribution is 7.98. The van der Waals surface area contributed by atoms with E-state index in [0.717, 1.165) is 38.0 Å². The molecule has 118 valence electrons. The molecule has 0 spiro atoms. The van der Waals surface area contributed by atoms with Crippen LogP contribution in [0.25, 0.3) is 10.6 Å². The molecule has 0 radical (unpaired) electrons. The van der Waals surface area contributed by atoms with E-state index in [1.54, 1.807) is 23.1 Å². The van der Waals surface area contributed by atoms with Crippen molar-refractivity contribution >= 4 is 34.7 Å². The van der Waals surface area contributed by atoms with Crippen LogP contribution in [0.5, 0.6) is 0 Å². The zero-order valence-electron chi connectivity index (χ0n) is 12.6. The van der Waals surface area contributed by atoms with Gasteiger partial charge in [0.1, 0.15) is 10.8 Å². The molecule has 23 heavy (non-hydrogen) atoms. The minimum atomic E-state index is 0.623. The van der Waals surface area contributed by atoms with E-state index in [0.29, 0.717) is 5.92 Å². The third kappa shape index (κ3) is 3.29. The molecule has 0 N–H and O–H groups in total. The Labute approximate surface area is 147 Å². The second-order valence-electron chi connectivity index (χ2n) is 5.61. The van der Waals surface area contributed by atoms with Crippen molar-refractivity contribution in [2.75, 3.05) is 0 Å². The van der Waals surface area contributed by atoms with E-state index in [1.165, 1.54) is 12.8 Å². The van der Waals surface area contributed by atoms with Crippen LogP contribution in [0, 0.1) is 0 Å². The Morgan fingerprint density at radius 1 is 1.26 bits per heavy atom. The minimum absolute atomic E-state index is 0.623. The Balaban J connectivity index is 1.44. The fourth-order valence-corrected chi connectivity index (χ4v) is 4.25. The highest BCUT2D eigenvalue weighted by Crippen LogP contribution is 2.39. The standard InChI is InChI=1S/C16H15ClN4S2/c1-21-14(10-2-3-10)19-20-16(21)23-9-13-8-22-15(18-13)11-4-6-12(17)7-5-11/h4-8,10H,2-3,9H2,1H3. The fourth-order valence-electron chi connectivity index (χ4n) is 2.39. The van der Waals surface area contributed by atoms with Crippen molar-refractivity contribution in [2.45, 2.75) is 29.7 Å². The first-order valence-corrected chi connectivity index (χ1v) is 9.67. The van der Waals surface area contributed by atoms with Crippen LogP contribution in [-0.4, -0.2) is 19.7 Å². The molecule has 1 aliphatic carbocycles. The van der Waals surface area contributed by atoms with Crippen molar-refractivity contribution in [3.8, 4) is 10.6 Å². The molecule has 7 heteroatoms. The lowest BCUT2D eigenvalue weighted by molar-refractivity contribution is 0.736. The number of aromatic nitrogens is 4. The third-order valence-electron chi connectivity index (χ3n) is 3.80. The predicted molar refractivity (Wildman–Crippen MR) is 95.1 cm³/mol. The molecule has 1 aromatic carbocycles. The summed E-state index contributed by atoms with van der Waals surface area (Å²) < 4.78 is 2.12. The van der Waals surface area contributed by atoms with Gasteiger partial charge in [-0.15, -0.1) is 21.5 Å². The molecule has 0 atom stereocenters. The Bertz CT molecular complexity index is 821. The summed E-state index contributed by atoms with van der Waals surface area (Å²) in [5.41, 5.74) is 2.17. The molecule has 2 heterocycles. The number of benzene rings is 1. The van der Waals surface area contributed by atoms with E-state index in [9.17, 15) is 0 Å². The van der Waals surface area contributed by atoms with Gasteiger partial charge in [-0.1, -0.05) is 35.5 Å². The van der Waals surface area contributed by atoms with Crippen LogP contribution in [0.4, 0.5) is 0 Å². The number of thioether (sulfide) groups is 1. The largest absolute Gasteiger partial charge is 0.309 e. The molecule has 0 amide bonds. The molecule has 1 saturated carbocycles. The molecule has 0 aliphatic heterocycles. The SMILES string of the molecule is Cn1c(SCc2csc(-c3ccc(Cl)cc3)n2)nnc1C1CC1. The molecule has 1 aliphatic rings. The van der Waals surface area contributed by atoms with Crippen LogP contribution in [0.3, 0.4) is 0 Å². The van der Waals surface area contributed by atoms with Gasteiger partial charge < -0.3 is 4.57 Å². The van der Waals surface area contributed by atoms with Gasteiger partial charge in [0.25, 0.3) is 0 Å². The van der Waals surface area contributed by atoms with E-state index in [1.807, 2.05) is 24.3 Å². The number of thiazole rings is 1. The van der Waals surface area contributed by atoms with Gasteiger partial charge in [0.05, 0.1) is 5.69 Å². The summed E-state index contributed by atoms with van der Waals surface area (Å²) in [5.74, 6) is 2.55. The third-order valence-corrected chi connectivity index (χ3v) is 6.05. The van der Waals surface area contributed by atoms with E-state index in [4.69, 9.17) is 16.6 Å². The molecular weight excluding hydrogens is 348 g/mol. The lowest BCUT2D eigenvalue weighted by Crippen LogP contribution is -1.97. The van der Waals surface area contributed by atoms with E-state index >= 15 is 0 Å². The maximum atomic E-state index is 5.93. The van der Waals surface area contributed by atoms with E-state index in [-0.39, 0.29) is 0 Å². The van der Waals surface area contributed by atoms with Crippen molar-refractivity contribution in [1.29, 1.82) is 0 Å². The second kappa shape index (κ2) is 6.26. The average molecular weight is 363 g/mol. The highest BCUT2D eigenvalue weighted by Gasteiger charge is 2.29. The van der Waals surface area contributed by atoms with Gasteiger partial charge in [-0.05, 0) is 25.0 Å². The number of rotatable bonds is 5. The topological polar surface area (TPSA) is 43.6 Å². The van der Waals surface area contributed by atoms with Gasteiger partial charge >= 0.3 is 0 Å². The maximum Gasteiger partial charge on any atom is 0.191 e. The quantitative estimate of drug-likeness (QED) is 0.613. The van der Waals surface area contributed by atoms with Gasteiger partial charge in [0, 0.05) is 34.7 Å². The summed E-state index contributed by atoms with van der Waals surface area (Å²) in [6, 6.07) is 7.79. The lowest BCUT2D eigenvalue weighted by Gasteiger charge is -2.01. The summed E-state index contributed by atoms with van der Waals surface area (Å²) in [6.45, 7) is 0. The van der Waals surface area contributed by atoms with Crippen molar-refractivity contribution in [3.63, 3.8) is 0 Å². The molecule has 1 fully saturated rings. The number of nitrogens with zero attached hydrogens (tertiary/aromatic N) is 4. The Morgan fingerprint density at radius 2 is 2.04 bits per heavy atom. The van der Waals surface area contributed by atoms with E-state index in [2.05, 4.69) is 27.2 Å². The zero-order chi connectivity index (χ0) is 15.8. The maximum absolute atomic E-state index is 5.93. The number of halogens is 1.